The van der Waals surface area contributed by atoms with Crippen LogP contribution in [0.3, 0.4) is 0 Å². The number of nitrogens with one attached hydrogen (secondary N) is 1. The highest BCUT2D eigenvalue weighted by atomic mass is 127. The summed E-state index contributed by atoms with van der Waals surface area (Å²) in [7, 11) is 0. The summed E-state index contributed by atoms with van der Waals surface area (Å²) in [5.41, 5.74) is 6.98. The predicted octanol–water partition coefficient (Wildman–Crippen LogP) is 0.555. The quantitative estimate of drug-likeness (QED) is 0.707. The summed E-state index contributed by atoms with van der Waals surface area (Å²) in [6.07, 6.45) is 2.66. The van der Waals surface area contributed by atoms with Crippen LogP contribution in [0.15, 0.2) is 12.4 Å². The maximum Gasteiger partial charge on any atom is 0.137 e. The van der Waals surface area contributed by atoms with E-state index in [1.54, 1.807) is 12.4 Å². The fourth-order valence-corrected chi connectivity index (χ4v) is 1.76. The lowest BCUT2D eigenvalue weighted by molar-refractivity contribution is 0.178. The Labute approximate surface area is 93.9 Å². The number of hydrogen-bond acceptors (Lipinski definition) is 4. The van der Waals surface area contributed by atoms with Gasteiger partial charge in [-0.15, -0.1) is 0 Å². The van der Waals surface area contributed by atoms with Crippen molar-refractivity contribution in [1.29, 1.82) is 0 Å². The maximum atomic E-state index is 9.48. The zero-order chi connectivity index (χ0) is 10.1. The topological polar surface area (TPSA) is 87.8 Å². The molecule has 0 radical (unpaired) electrons. The third kappa shape index (κ3) is 1.60. The molecule has 0 aliphatic heterocycles. The minimum Gasteiger partial charge on any atom is -0.384 e. The van der Waals surface area contributed by atoms with Crippen molar-refractivity contribution in [3.05, 3.63) is 21.8 Å². The Morgan fingerprint density at radius 2 is 2.36 bits per heavy atom. The van der Waals surface area contributed by atoms with Crippen LogP contribution in [-0.2, 0) is 0 Å². The first-order valence-corrected chi connectivity index (χ1v) is 5.17. The van der Waals surface area contributed by atoms with Gasteiger partial charge >= 0.3 is 0 Å². The molecule has 0 spiro atoms. The molecule has 0 aliphatic rings. The molecule has 4 N–H and O–H groups in total. The molecule has 2 rings (SSSR count). The summed E-state index contributed by atoms with van der Waals surface area (Å²) in [5.74, 6) is 0.494. The van der Waals surface area contributed by atoms with Gasteiger partial charge in [-0.05, 0) is 22.6 Å². The number of aliphatic hydroxyl groups excluding tert-OH is 1. The summed E-state index contributed by atoms with van der Waals surface area (Å²) in [6.45, 7) is 0.157. The van der Waals surface area contributed by atoms with Crippen LogP contribution in [0.25, 0.3) is 11.0 Å². The molecule has 0 amide bonds. The normalized spacial score (nSPS) is 13.4. The van der Waals surface area contributed by atoms with E-state index in [0.717, 1.165) is 14.6 Å². The lowest BCUT2D eigenvalue weighted by Crippen LogP contribution is -2.12. The first kappa shape index (κ1) is 9.81. The number of halogens is 1. The van der Waals surface area contributed by atoms with Gasteiger partial charge in [0.05, 0.1) is 15.3 Å². The molecule has 6 heteroatoms. The van der Waals surface area contributed by atoms with Crippen LogP contribution in [0.2, 0.25) is 0 Å². The average Bonchev–Trinajstić information content (AvgIpc) is 2.62. The second kappa shape index (κ2) is 3.79. The van der Waals surface area contributed by atoms with E-state index in [1.807, 2.05) is 0 Å². The molecule has 14 heavy (non-hydrogen) atoms. The molecule has 0 bridgehead atoms. The van der Waals surface area contributed by atoms with Crippen molar-refractivity contribution in [3.63, 3.8) is 0 Å². The minimum absolute atomic E-state index is 0.157. The Morgan fingerprint density at radius 3 is 3.00 bits per heavy atom. The minimum atomic E-state index is -0.738. The number of nitrogens with two attached hydrogens (primary N) is 1. The van der Waals surface area contributed by atoms with Gasteiger partial charge in [-0.2, -0.15) is 0 Å². The molecule has 0 saturated carbocycles. The van der Waals surface area contributed by atoms with Crippen molar-refractivity contribution >= 4 is 33.6 Å². The maximum absolute atomic E-state index is 9.48. The Hall–Kier alpha value is -0.730. The third-order valence-corrected chi connectivity index (χ3v) is 2.70. The average molecular weight is 304 g/mol. The van der Waals surface area contributed by atoms with Gasteiger partial charge in [0.2, 0.25) is 0 Å². The number of imidazole rings is 1. The lowest BCUT2D eigenvalue weighted by atomic mass is 10.3. The van der Waals surface area contributed by atoms with E-state index in [-0.39, 0.29) is 6.54 Å². The van der Waals surface area contributed by atoms with Gasteiger partial charge < -0.3 is 15.8 Å². The second-order valence-electron chi connectivity index (χ2n) is 2.89. The van der Waals surface area contributed by atoms with Gasteiger partial charge in [0.25, 0.3) is 0 Å². The SMILES string of the molecule is NCC(O)c1nc2c(I)cncc2[nH]1. The molecular weight excluding hydrogens is 295 g/mol. The number of aromatic amines is 1. The van der Waals surface area contributed by atoms with Crippen molar-refractivity contribution in [3.8, 4) is 0 Å². The van der Waals surface area contributed by atoms with Gasteiger partial charge in [0.1, 0.15) is 17.4 Å². The largest absolute Gasteiger partial charge is 0.384 e. The van der Waals surface area contributed by atoms with Crippen LogP contribution < -0.4 is 5.73 Å². The number of hydrogen-bond donors (Lipinski definition) is 3. The Morgan fingerprint density at radius 1 is 1.57 bits per heavy atom. The number of H-pyrrole nitrogens is 1. The van der Waals surface area contributed by atoms with Crippen molar-refractivity contribution in [2.45, 2.75) is 6.10 Å². The molecule has 1 atom stereocenters. The van der Waals surface area contributed by atoms with E-state index < -0.39 is 6.10 Å². The van der Waals surface area contributed by atoms with Crippen molar-refractivity contribution < 1.29 is 5.11 Å². The first-order valence-electron chi connectivity index (χ1n) is 4.09. The van der Waals surface area contributed by atoms with Gasteiger partial charge in [-0.1, -0.05) is 0 Å². The standard InChI is InChI=1S/C8H9IN4O/c9-4-2-11-3-5-7(4)13-8(12-5)6(14)1-10/h2-3,6,14H,1,10H2,(H,12,13). The monoisotopic (exact) mass is 304 g/mol. The molecule has 0 saturated heterocycles. The smallest absolute Gasteiger partial charge is 0.137 e. The van der Waals surface area contributed by atoms with E-state index in [1.165, 1.54) is 0 Å². The van der Waals surface area contributed by atoms with Crippen LogP contribution in [0.1, 0.15) is 11.9 Å². The van der Waals surface area contributed by atoms with Crippen LogP contribution >= 0.6 is 22.6 Å². The number of aromatic nitrogens is 3. The fourth-order valence-electron chi connectivity index (χ4n) is 1.19. The first-order chi connectivity index (χ1) is 6.72. The van der Waals surface area contributed by atoms with Crippen LogP contribution in [-0.4, -0.2) is 26.6 Å². The lowest BCUT2D eigenvalue weighted by Gasteiger charge is -2.00. The van der Waals surface area contributed by atoms with Crippen LogP contribution in [0, 0.1) is 3.57 Å². The summed E-state index contributed by atoms with van der Waals surface area (Å²) >= 11 is 2.15. The highest BCUT2D eigenvalue weighted by Crippen LogP contribution is 2.19. The fraction of sp³-hybridized carbons (Fsp3) is 0.250. The number of pyridine rings is 1. The highest BCUT2D eigenvalue weighted by Gasteiger charge is 2.11. The van der Waals surface area contributed by atoms with E-state index in [4.69, 9.17) is 5.73 Å². The summed E-state index contributed by atoms with van der Waals surface area (Å²) in [6, 6.07) is 0. The molecule has 1 unspecified atom stereocenters. The van der Waals surface area contributed by atoms with E-state index >= 15 is 0 Å². The zero-order valence-corrected chi connectivity index (χ0v) is 9.39. The molecule has 0 fully saturated rings. The number of aliphatic hydroxyl groups is 1. The van der Waals surface area contributed by atoms with Gasteiger partial charge in [-0.3, -0.25) is 4.98 Å². The molecule has 2 heterocycles. The van der Waals surface area contributed by atoms with E-state index in [9.17, 15) is 5.11 Å². The van der Waals surface area contributed by atoms with Crippen LogP contribution in [0.4, 0.5) is 0 Å². The Bertz CT molecular complexity index is 456. The van der Waals surface area contributed by atoms with Crippen molar-refractivity contribution in [2.75, 3.05) is 6.54 Å². The molecule has 2 aromatic heterocycles. The Kier molecular flexibility index (Phi) is 2.66. The van der Waals surface area contributed by atoms with Crippen LogP contribution in [0.5, 0.6) is 0 Å². The van der Waals surface area contributed by atoms with Gasteiger partial charge in [0, 0.05) is 12.7 Å². The molecule has 74 valence electrons. The molecule has 5 nitrogen and oxygen atoms in total. The van der Waals surface area contributed by atoms with Gasteiger partial charge in [0.15, 0.2) is 0 Å². The Balaban J connectivity index is 2.56. The van der Waals surface area contributed by atoms with Crippen molar-refractivity contribution in [1.82, 2.24) is 15.0 Å². The molecule has 0 aliphatic carbocycles. The summed E-state index contributed by atoms with van der Waals surface area (Å²) < 4.78 is 0.951. The highest BCUT2D eigenvalue weighted by molar-refractivity contribution is 14.1. The van der Waals surface area contributed by atoms with Gasteiger partial charge in [-0.25, -0.2) is 4.98 Å². The van der Waals surface area contributed by atoms with E-state index in [2.05, 4.69) is 37.5 Å². The zero-order valence-electron chi connectivity index (χ0n) is 7.24. The number of nitrogens with zero attached hydrogens (tertiary/aromatic N) is 2. The molecule has 2 aromatic rings. The summed E-state index contributed by atoms with van der Waals surface area (Å²) in [4.78, 5) is 11.2. The molecular formula is C8H9IN4O. The predicted molar refractivity (Wildman–Crippen MR) is 60.6 cm³/mol. The van der Waals surface area contributed by atoms with E-state index in [0.29, 0.717) is 5.82 Å². The summed E-state index contributed by atoms with van der Waals surface area (Å²) in [5, 5.41) is 9.48. The second-order valence-corrected chi connectivity index (χ2v) is 4.05. The van der Waals surface area contributed by atoms with Crippen molar-refractivity contribution in [2.24, 2.45) is 5.73 Å². The third-order valence-electron chi connectivity index (χ3n) is 1.91. The number of rotatable bonds is 2. The molecule has 0 aromatic carbocycles. The number of fused-ring (bicyclic) bond motifs is 1.